The van der Waals surface area contributed by atoms with Crippen LogP contribution in [0.25, 0.3) is 16.8 Å². The van der Waals surface area contributed by atoms with Gasteiger partial charge in [-0.05, 0) is 35.7 Å². The lowest BCUT2D eigenvalue weighted by molar-refractivity contribution is 0.300. The Balaban J connectivity index is 2.28. The molecule has 3 rings (SSSR count). The van der Waals surface area contributed by atoms with Crippen LogP contribution in [0.1, 0.15) is 5.56 Å². The molecule has 0 amide bonds. The second-order valence-corrected chi connectivity index (χ2v) is 4.35. The molecule has 0 aliphatic carbocycles. The van der Waals surface area contributed by atoms with Gasteiger partial charge in [0.1, 0.15) is 0 Å². The second-order valence-electron chi connectivity index (χ2n) is 4.35. The Bertz CT molecular complexity index is 655. The third kappa shape index (κ3) is 1.81. The lowest BCUT2D eigenvalue weighted by atomic mass is 10.1. The first-order valence-electron chi connectivity index (χ1n) is 6.15. The summed E-state index contributed by atoms with van der Waals surface area (Å²) in [4.78, 5) is 0. The summed E-state index contributed by atoms with van der Waals surface area (Å²) in [5.74, 6) is 0. The van der Waals surface area contributed by atoms with Crippen LogP contribution in [0.3, 0.4) is 0 Å². The SMILES string of the molecule is OCCc1cc2ccccn2c1-c1ccccc1. The van der Waals surface area contributed by atoms with Gasteiger partial charge in [0.2, 0.25) is 0 Å². The van der Waals surface area contributed by atoms with Gasteiger partial charge in [-0.15, -0.1) is 0 Å². The van der Waals surface area contributed by atoms with E-state index < -0.39 is 0 Å². The van der Waals surface area contributed by atoms with Crippen LogP contribution >= 0.6 is 0 Å². The smallest absolute Gasteiger partial charge is 0.0561 e. The molecular weight excluding hydrogens is 222 g/mol. The zero-order valence-electron chi connectivity index (χ0n) is 10.1. The maximum Gasteiger partial charge on any atom is 0.0561 e. The van der Waals surface area contributed by atoms with E-state index in [1.165, 1.54) is 22.3 Å². The molecule has 2 aromatic heterocycles. The van der Waals surface area contributed by atoms with Gasteiger partial charge in [0.25, 0.3) is 0 Å². The van der Waals surface area contributed by atoms with Crippen molar-refractivity contribution in [3.8, 4) is 11.3 Å². The van der Waals surface area contributed by atoms with Crippen molar-refractivity contribution < 1.29 is 5.11 Å². The lowest BCUT2D eigenvalue weighted by Crippen LogP contribution is -1.94. The number of aliphatic hydroxyl groups is 1. The standard InChI is InChI=1S/C16H15NO/c18-11-9-14-12-15-8-4-5-10-17(15)16(14)13-6-2-1-3-7-13/h1-8,10,12,18H,9,11H2. The fourth-order valence-corrected chi connectivity index (χ4v) is 2.41. The van der Waals surface area contributed by atoms with Crippen molar-refractivity contribution in [2.45, 2.75) is 6.42 Å². The number of rotatable bonds is 3. The molecule has 0 fully saturated rings. The number of aromatic nitrogens is 1. The Morgan fingerprint density at radius 1 is 0.944 bits per heavy atom. The second kappa shape index (κ2) is 4.67. The van der Waals surface area contributed by atoms with Crippen LogP contribution in [0, 0.1) is 0 Å². The third-order valence-electron chi connectivity index (χ3n) is 3.19. The van der Waals surface area contributed by atoms with E-state index in [1.807, 2.05) is 30.3 Å². The van der Waals surface area contributed by atoms with E-state index in [9.17, 15) is 5.11 Å². The number of aliphatic hydroxyl groups excluding tert-OH is 1. The van der Waals surface area contributed by atoms with E-state index in [4.69, 9.17) is 0 Å². The van der Waals surface area contributed by atoms with Crippen LogP contribution in [0.15, 0.2) is 60.8 Å². The lowest BCUT2D eigenvalue weighted by Gasteiger charge is -2.06. The van der Waals surface area contributed by atoms with Gasteiger partial charge in [0.05, 0.1) is 5.69 Å². The van der Waals surface area contributed by atoms with Crippen LogP contribution in [0.2, 0.25) is 0 Å². The Morgan fingerprint density at radius 2 is 1.72 bits per heavy atom. The van der Waals surface area contributed by atoms with E-state index in [-0.39, 0.29) is 6.61 Å². The largest absolute Gasteiger partial charge is 0.396 e. The molecular formula is C16H15NO. The summed E-state index contributed by atoms with van der Waals surface area (Å²) in [6.07, 6.45) is 2.75. The highest BCUT2D eigenvalue weighted by Crippen LogP contribution is 2.27. The molecule has 1 aromatic carbocycles. The Labute approximate surface area is 106 Å². The van der Waals surface area contributed by atoms with Gasteiger partial charge in [-0.25, -0.2) is 0 Å². The molecule has 0 saturated carbocycles. The van der Waals surface area contributed by atoms with E-state index in [2.05, 4.69) is 34.9 Å². The quantitative estimate of drug-likeness (QED) is 0.743. The topological polar surface area (TPSA) is 24.6 Å². The van der Waals surface area contributed by atoms with Crippen LogP contribution in [-0.2, 0) is 6.42 Å². The molecule has 0 atom stereocenters. The third-order valence-corrected chi connectivity index (χ3v) is 3.19. The maximum atomic E-state index is 9.21. The number of fused-ring (bicyclic) bond motifs is 1. The monoisotopic (exact) mass is 237 g/mol. The molecule has 0 bridgehead atoms. The summed E-state index contributed by atoms with van der Waals surface area (Å²) in [5, 5.41) is 9.21. The summed E-state index contributed by atoms with van der Waals surface area (Å²) in [7, 11) is 0. The summed E-state index contributed by atoms with van der Waals surface area (Å²) < 4.78 is 2.18. The van der Waals surface area contributed by atoms with Gasteiger partial charge in [-0.3, -0.25) is 0 Å². The zero-order chi connectivity index (χ0) is 12.4. The first-order chi connectivity index (χ1) is 8.90. The van der Waals surface area contributed by atoms with Gasteiger partial charge in [0.15, 0.2) is 0 Å². The molecule has 1 N–H and O–H groups in total. The molecule has 0 aliphatic rings. The van der Waals surface area contributed by atoms with Gasteiger partial charge < -0.3 is 9.51 Å². The van der Waals surface area contributed by atoms with E-state index in [0.717, 1.165) is 0 Å². The number of hydrogen-bond acceptors (Lipinski definition) is 1. The molecule has 2 heteroatoms. The summed E-state index contributed by atoms with van der Waals surface area (Å²) >= 11 is 0. The average Bonchev–Trinajstić information content (AvgIpc) is 2.78. The normalized spacial score (nSPS) is 10.9. The van der Waals surface area contributed by atoms with E-state index in [0.29, 0.717) is 6.42 Å². The van der Waals surface area contributed by atoms with E-state index >= 15 is 0 Å². The summed E-state index contributed by atoms with van der Waals surface area (Å²) in [6.45, 7) is 0.177. The fraction of sp³-hybridized carbons (Fsp3) is 0.125. The predicted molar refractivity (Wildman–Crippen MR) is 73.6 cm³/mol. The molecule has 0 radical (unpaired) electrons. The predicted octanol–water partition coefficient (Wildman–Crippen LogP) is 3.14. The fourth-order valence-electron chi connectivity index (χ4n) is 2.41. The highest BCUT2D eigenvalue weighted by Gasteiger charge is 2.10. The Hall–Kier alpha value is -2.06. The van der Waals surface area contributed by atoms with Gasteiger partial charge in [-0.1, -0.05) is 36.4 Å². The van der Waals surface area contributed by atoms with Crippen molar-refractivity contribution in [1.29, 1.82) is 0 Å². The maximum absolute atomic E-state index is 9.21. The highest BCUT2D eigenvalue weighted by atomic mass is 16.2. The molecule has 2 heterocycles. The zero-order valence-corrected chi connectivity index (χ0v) is 10.1. The molecule has 0 saturated heterocycles. The number of benzene rings is 1. The van der Waals surface area contributed by atoms with Crippen molar-refractivity contribution in [3.05, 3.63) is 66.4 Å². The van der Waals surface area contributed by atoms with E-state index in [1.54, 1.807) is 0 Å². The van der Waals surface area contributed by atoms with Crippen LogP contribution < -0.4 is 0 Å². The van der Waals surface area contributed by atoms with Crippen LogP contribution in [0.5, 0.6) is 0 Å². The Kier molecular flexibility index (Phi) is 2.87. The van der Waals surface area contributed by atoms with Gasteiger partial charge in [-0.2, -0.15) is 0 Å². The molecule has 0 aliphatic heterocycles. The molecule has 18 heavy (non-hydrogen) atoms. The molecule has 2 nitrogen and oxygen atoms in total. The average molecular weight is 237 g/mol. The van der Waals surface area contributed by atoms with Crippen molar-refractivity contribution in [3.63, 3.8) is 0 Å². The minimum absolute atomic E-state index is 0.177. The van der Waals surface area contributed by atoms with Crippen molar-refractivity contribution in [2.75, 3.05) is 6.61 Å². The summed E-state index contributed by atoms with van der Waals surface area (Å²) in [6, 6.07) is 18.6. The summed E-state index contributed by atoms with van der Waals surface area (Å²) in [5.41, 5.74) is 4.72. The van der Waals surface area contributed by atoms with Crippen molar-refractivity contribution >= 4 is 5.52 Å². The van der Waals surface area contributed by atoms with Gasteiger partial charge in [0, 0.05) is 18.3 Å². The number of pyridine rings is 1. The van der Waals surface area contributed by atoms with Crippen molar-refractivity contribution in [2.24, 2.45) is 0 Å². The minimum Gasteiger partial charge on any atom is -0.396 e. The highest BCUT2D eigenvalue weighted by molar-refractivity contribution is 5.71. The van der Waals surface area contributed by atoms with Crippen LogP contribution in [0.4, 0.5) is 0 Å². The first kappa shape index (κ1) is 11.1. The molecule has 0 unspecified atom stereocenters. The molecule has 90 valence electrons. The number of nitrogens with zero attached hydrogens (tertiary/aromatic N) is 1. The Morgan fingerprint density at radius 3 is 2.50 bits per heavy atom. The molecule has 0 spiro atoms. The van der Waals surface area contributed by atoms with Gasteiger partial charge >= 0.3 is 0 Å². The molecule has 3 aromatic rings. The van der Waals surface area contributed by atoms with Crippen LogP contribution in [-0.4, -0.2) is 16.1 Å². The minimum atomic E-state index is 0.177. The van der Waals surface area contributed by atoms with Crippen molar-refractivity contribution in [1.82, 2.24) is 4.40 Å². The first-order valence-corrected chi connectivity index (χ1v) is 6.15. The number of hydrogen-bond donors (Lipinski definition) is 1.